The first-order valence-corrected chi connectivity index (χ1v) is 8.40. The van der Waals surface area contributed by atoms with Crippen LogP contribution in [0.1, 0.15) is 35.0 Å². The molecule has 1 amide bonds. The number of nitrogens with one attached hydrogen (secondary N) is 1. The van der Waals surface area contributed by atoms with Crippen LogP contribution in [-0.4, -0.2) is 48.1 Å². The normalized spacial score (nSPS) is 14.4. The summed E-state index contributed by atoms with van der Waals surface area (Å²) < 4.78 is 10.9. The van der Waals surface area contributed by atoms with Crippen molar-refractivity contribution >= 4 is 16.9 Å². The minimum absolute atomic E-state index is 0.116. The monoisotopic (exact) mass is 340 g/mol. The zero-order chi connectivity index (χ0) is 17.4. The second-order valence-electron chi connectivity index (χ2n) is 6.65. The standard InChI is InChI=1S/C18H20N4O3/c1-22(2)8-7-19-17(23)12-5-6-15-13(9-12)16(21-25-15)14-10-24-18(20-14)11-3-4-11/h5-6,9-11H,3-4,7-8H2,1-2H3,(H,19,23). The molecule has 0 saturated heterocycles. The molecule has 1 aliphatic carbocycles. The lowest BCUT2D eigenvalue weighted by Crippen LogP contribution is -2.31. The van der Waals surface area contributed by atoms with Crippen LogP contribution in [-0.2, 0) is 0 Å². The Morgan fingerprint density at radius 3 is 2.96 bits per heavy atom. The quantitative estimate of drug-likeness (QED) is 0.742. The first-order chi connectivity index (χ1) is 12.1. The van der Waals surface area contributed by atoms with Crippen LogP contribution in [0.2, 0.25) is 0 Å². The van der Waals surface area contributed by atoms with Crippen molar-refractivity contribution in [1.82, 2.24) is 20.4 Å². The lowest BCUT2D eigenvalue weighted by molar-refractivity contribution is 0.0951. The van der Waals surface area contributed by atoms with Gasteiger partial charge in [0.2, 0.25) is 0 Å². The third-order valence-electron chi connectivity index (χ3n) is 4.27. The first kappa shape index (κ1) is 15.8. The number of oxazole rings is 1. The molecule has 1 aliphatic rings. The highest BCUT2D eigenvalue weighted by molar-refractivity contribution is 6.00. The summed E-state index contributed by atoms with van der Waals surface area (Å²) in [5.74, 6) is 1.07. The summed E-state index contributed by atoms with van der Waals surface area (Å²) in [7, 11) is 3.94. The summed E-state index contributed by atoms with van der Waals surface area (Å²) in [6.45, 7) is 1.38. The van der Waals surface area contributed by atoms with E-state index in [1.54, 1.807) is 24.5 Å². The lowest BCUT2D eigenvalue weighted by Gasteiger charge is -2.10. The van der Waals surface area contributed by atoms with E-state index < -0.39 is 0 Å². The summed E-state index contributed by atoms with van der Waals surface area (Å²) >= 11 is 0. The van der Waals surface area contributed by atoms with Gasteiger partial charge in [-0.1, -0.05) is 5.16 Å². The molecular formula is C18H20N4O3. The summed E-state index contributed by atoms with van der Waals surface area (Å²) in [5.41, 5.74) is 2.44. The van der Waals surface area contributed by atoms with Gasteiger partial charge in [0, 0.05) is 24.6 Å². The molecule has 4 rings (SSSR count). The summed E-state index contributed by atoms with van der Waals surface area (Å²) in [5, 5.41) is 7.78. The van der Waals surface area contributed by atoms with E-state index in [4.69, 9.17) is 8.94 Å². The van der Waals surface area contributed by atoms with Crippen molar-refractivity contribution in [2.24, 2.45) is 0 Å². The average Bonchev–Trinajstić information content (AvgIpc) is 3.18. The van der Waals surface area contributed by atoms with Crippen LogP contribution in [0, 0.1) is 0 Å². The smallest absolute Gasteiger partial charge is 0.251 e. The average molecular weight is 340 g/mol. The molecule has 130 valence electrons. The molecule has 7 heteroatoms. The maximum absolute atomic E-state index is 12.3. The molecule has 25 heavy (non-hydrogen) atoms. The Hall–Kier alpha value is -2.67. The number of aromatic nitrogens is 2. The zero-order valence-electron chi connectivity index (χ0n) is 14.3. The van der Waals surface area contributed by atoms with E-state index >= 15 is 0 Å². The Bertz CT molecular complexity index is 908. The number of nitrogens with zero attached hydrogens (tertiary/aromatic N) is 3. The van der Waals surface area contributed by atoms with Crippen LogP contribution < -0.4 is 5.32 Å². The van der Waals surface area contributed by atoms with Gasteiger partial charge in [-0.15, -0.1) is 0 Å². The second kappa shape index (κ2) is 6.33. The maximum atomic E-state index is 12.3. The van der Waals surface area contributed by atoms with Crippen molar-refractivity contribution in [3.05, 3.63) is 35.9 Å². The Balaban J connectivity index is 1.59. The van der Waals surface area contributed by atoms with Gasteiger partial charge in [-0.3, -0.25) is 4.79 Å². The highest BCUT2D eigenvalue weighted by atomic mass is 16.5. The third kappa shape index (κ3) is 3.28. The van der Waals surface area contributed by atoms with E-state index in [2.05, 4.69) is 15.5 Å². The Morgan fingerprint density at radius 1 is 1.36 bits per heavy atom. The Labute approximate surface area is 145 Å². The van der Waals surface area contributed by atoms with E-state index in [9.17, 15) is 4.79 Å². The number of carbonyl (C=O) groups is 1. The van der Waals surface area contributed by atoms with E-state index in [-0.39, 0.29) is 5.91 Å². The fourth-order valence-corrected chi connectivity index (χ4v) is 2.67. The topological polar surface area (TPSA) is 84.4 Å². The fourth-order valence-electron chi connectivity index (χ4n) is 2.67. The van der Waals surface area contributed by atoms with E-state index in [1.165, 1.54) is 0 Å². The molecule has 0 bridgehead atoms. The molecule has 7 nitrogen and oxygen atoms in total. The van der Waals surface area contributed by atoms with Crippen LogP contribution >= 0.6 is 0 Å². The molecule has 1 saturated carbocycles. The van der Waals surface area contributed by atoms with Gasteiger partial charge in [0.25, 0.3) is 5.91 Å². The van der Waals surface area contributed by atoms with E-state index in [1.807, 2.05) is 19.0 Å². The highest BCUT2D eigenvalue weighted by Gasteiger charge is 2.29. The molecule has 1 N–H and O–H groups in total. The number of carbonyl (C=O) groups excluding carboxylic acids is 1. The molecule has 1 fully saturated rings. The third-order valence-corrected chi connectivity index (χ3v) is 4.27. The Kier molecular flexibility index (Phi) is 4.01. The van der Waals surface area contributed by atoms with Gasteiger partial charge in [0.1, 0.15) is 17.7 Å². The molecular weight excluding hydrogens is 320 g/mol. The second-order valence-corrected chi connectivity index (χ2v) is 6.65. The van der Waals surface area contributed by atoms with Crippen molar-refractivity contribution in [3.8, 4) is 11.4 Å². The summed E-state index contributed by atoms with van der Waals surface area (Å²) in [6, 6.07) is 5.28. The van der Waals surface area contributed by atoms with Crippen LogP contribution in [0.5, 0.6) is 0 Å². The van der Waals surface area contributed by atoms with Crippen molar-refractivity contribution < 1.29 is 13.7 Å². The number of fused-ring (bicyclic) bond motifs is 1. The first-order valence-electron chi connectivity index (χ1n) is 8.40. The van der Waals surface area contributed by atoms with Gasteiger partial charge in [0.05, 0.1) is 5.39 Å². The van der Waals surface area contributed by atoms with E-state index in [0.29, 0.717) is 35.0 Å². The molecule has 3 aromatic rings. The molecule has 0 spiro atoms. The molecule has 0 aliphatic heterocycles. The number of amides is 1. The van der Waals surface area contributed by atoms with Gasteiger partial charge in [-0.05, 0) is 45.1 Å². The number of benzene rings is 1. The zero-order valence-corrected chi connectivity index (χ0v) is 14.3. The fraction of sp³-hybridized carbons (Fsp3) is 0.389. The van der Waals surface area contributed by atoms with Crippen LogP contribution in [0.3, 0.4) is 0 Å². The summed E-state index contributed by atoms with van der Waals surface area (Å²) in [4.78, 5) is 18.9. The number of rotatable bonds is 6. The summed E-state index contributed by atoms with van der Waals surface area (Å²) in [6.07, 6.45) is 3.85. The van der Waals surface area contributed by atoms with Crippen molar-refractivity contribution in [2.75, 3.05) is 27.2 Å². The van der Waals surface area contributed by atoms with Gasteiger partial charge in [-0.25, -0.2) is 4.98 Å². The van der Waals surface area contributed by atoms with Crippen molar-refractivity contribution in [2.45, 2.75) is 18.8 Å². The minimum atomic E-state index is -0.116. The molecule has 2 aromatic heterocycles. The number of hydrogen-bond acceptors (Lipinski definition) is 6. The maximum Gasteiger partial charge on any atom is 0.251 e. The molecule has 1 aromatic carbocycles. The van der Waals surface area contributed by atoms with Gasteiger partial charge in [-0.2, -0.15) is 0 Å². The highest BCUT2D eigenvalue weighted by Crippen LogP contribution is 2.40. The molecule has 2 heterocycles. The van der Waals surface area contributed by atoms with Crippen molar-refractivity contribution in [1.29, 1.82) is 0 Å². The Morgan fingerprint density at radius 2 is 2.20 bits per heavy atom. The van der Waals surface area contributed by atoms with Crippen LogP contribution in [0.25, 0.3) is 22.4 Å². The largest absolute Gasteiger partial charge is 0.448 e. The molecule has 0 unspecified atom stereocenters. The predicted molar refractivity (Wildman–Crippen MR) is 92.4 cm³/mol. The van der Waals surface area contributed by atoms with Crippen LogP contribution in [0.4, 0.5) is 0 Å². The SMILES string of the molecule is CN(C)CCNC(=O)c1ccc2onc(-c3coc(C4CC4)n3)c2c1. The van der Waals surface area contributed by atoms with Crippen LogP contribution in [0.15, 0.2) is 33.4 Å². The predicted octanol–water partition coefficient (Wildman–Crippen LogP) is 2.65. The van der Waals surface area contributed by atoms with E-state index in [0.717, 1.165) is 30.7 Å². The number of hydrogen-bond donors (Lipinski definition) is 1. The molecule has 0 radical (unpaired) electrons. The number of likely N-dealkylation sites (N-methyl/N-ethyl adjacent to an activating group) is 1. The minimum Gasteiger partial charge on any atom is -0.448 e. The lowest BCUT2D eigenvalue weighted by atomic mass is 10.1. The van der Waals surface area contributed by atoms with Gasteiger partial charge < -0.3 is 19.2 Å². The molecule has 0 atom stereocenters. The van der Waals surface area contributed by atoms with Crippen molar-refractivity contribution in [3.63, 3.8) is 0 Å². The van der Waals surface area contributed by atoms with Gasteiger partial charge in [0.15, 0.2) is 11.5 Å². The van der Waals surface area contributed by atoms with Gasteiger partial charge >= 0.3 is 0 Å².